The Balaban J connectivity index is 0.000000549. The van der Waals surface area contributed by atoms with Crippen LogP contribution in [0.3, 0.4) is 0 Å². The Hall–Kier alpha value is -6.02. The van der Waals surface area contributed by atoms with Crippen LogP contribution in [-0.4, -0.2) is 98.3 Å². The van der Waals surface area contributed by atoms with Gasteiger partial charge in [0.05, 0.1) is 30.1 Å². The molecule has 1 unspecified atom stereocenters. The van der Waals surface area contributed by atoms with Gasteiger partial charge >= 0.3 is 11.9 Å². The van der Waals surface area contributed by atoms with Crippen LogP contribution in [0.1, 0.15) is 69.4 Å². The molecule has 0 aliphatic heterocycles. The van der Waals surface area contributed by atoms with Crippen molar-refractivity contribution < 1.29 is 56.3 Å². The third-order valence-corrected chi connectivity index (χ3v) is 15.4. The number of aromatic nitrogens is 6. The van der Waals surface area contributed by atoms with Crippen LogP contribution in [0.4, 0.5) is 8.78 Å². The van der Waals surface area contributed by atoms with Gasteiger partial charge in [0.15, 0.2) is 29.3 Å². The molecule has 7 N–H and O–H groups in total. The number of aldehydes is 1. The van der Waals surface area contributed by atoms with Crippen LogP contribution in [0.25, 0.3) is 22.8 Å². The minimum Gasteiger partial charge on any atom is -0.461 e. The molecule has 3 aromatic heterocycles. The van der Waals surface area contributed by atoms with E-state index in [0.29, 0.717) is 42.3 Å². The molecule has 1 atom stereocenters. The molecule has 396 valence electrons. The summed E-state index contributed by atoms with van der Waals surface area (Å²) < 4.78 is 75.5. The average molecular weight is 1060 g/mol. The van der Waals surface area contributed by atoms with E-state index < -0.39 is 49.1 Å². The Labute approximate surface area is 425 Å². The monoisotopic (exact) mass is 1060 g/mol. The fraction of sp³-hybridized carbons (Fsp3) is 0.380. The molecule has 0 aliphatic carbocycles. The number of halogens is 2. The molecular formula is C50H74F2N8O9SSi2. The molecule has 0 fully saturated rings. The van der Waals surface area contributed by atoms with Gasteiger partial charge in [-0.3, -0.25) is 4.79 Å². The van der Waals surface area contributed by atoms with Gasteiger partial charge in [0, 0.05) is 52.9 Å². The number of benzene rings is 3. The number of nitrogens with one attached hydrogen (secondary N) is 1. The van der Waals surface area contributed by atoms with E-state index in [0.717, 1.165) is 23.2 Å². The zero-order chi connectivity index (χ0) is 50.9. The lowest BCUT2D eigenvalue weighted by atomic mass is 10.1. The average Bonchev–Trinajstić information content (AvgIpc) is 4.06. The van der Waals surface area contributed by atoms with Crippen LogP contribution in [0.15, 0.2) is 96.4 Å². The van der Waals surface area contributed by atoms with E-state index in [2.05, 4.69) is 65.0 Å². The molecule has 3 heterocycles. The molecule has 0 saturated heterocycles. The number of nitrogens with zero attached hydrogens (tertiary/aromatic N) is 5. The maximum Gasteiger partial charge on any atom is 0.358 e. The summed E-state index contributed by atoms with van der Waals surface area (Å²) in [6.45, 7) is 21.3. The maximum atomic E-state index is 13.3. The summed E-state index contributed by atoms with van der Waals surface area (Å²) in [7, 11) is -5.90. The molecule has 0 saturated carbocycles. The van der Waals surface area contributed by atoms with Crippen LogP contribution in [0, 0.1) is 26.0 Å². The van der Waals surface area contributed by atoms with Gasteiger partial charge < -0.3 is 52.4 Å². The molecule has 0 bridgehead atoms. The van der Waals surface area contributed by atoms with Gasteiger partial charge in [0.1, 0.15) is 30.8 Å². The molecule has 0 spiro atoms. The van der Waals surface area contributed by atoms with Crippen molar-refractivity contribution in [2.75, 3.05) is 26.4 Å². The minimum atomic E-state index is -3.56. The molecule has 0 radical (unpaired) electrons. The number of aryl methyl sites for hydroxylation is 1. The number of carbonyl (C=O) groups is 3. The van der Waals surface area contributed by atoms with Crippen LogP contribution in [-0.2, 0) is 42.2 Å². The summed E-state index contributed by atoms with van der Waals surface area (Å²) in [5.74, 6) is -1.08. The van der Waals surface area contributed by atoms with E-state index in [1.807, 2.05) is 6.92 Å². The van der Waals surface area contributed by atoms with Crippen LogP contribution in [0.5, 0.6) is 0 Å². The normalized spacial score (nSPS) is 11.5. The van der Waals surface area contributed by atoms with Crippen molar-refractivity contribution in [3.05, 3.63) is 139 Å². The van der Waals surface area contributed by atoms with Crippen LogP contribution in [0.2, 0.25) is 51.4 Å². The molecule has 0 aliphatic rings. The zero-order valence-electron chi connectivity index (χ0n) is 42.5. The Morgan fingerprint density at radius 1 is 0.764 bits per heavy atom. The second kappa shape index (κ2) is 29.5. The summed E-state index contributed by atoms with van der Waals surface area (Å²) >= 11 is 0. The summed E-state index contributed by atoms with van der Waals surface area (Å²) in [6, 6.07) is 20.1. The second-order valence-electron chi connectivity index (χ2n) is 18.2. The van der Waals surface area contributed by atoms with E-state index in [1.165, 1.54) is 47.2 Å². The van der Waals surface area contributed by atoms with E-state index in [1.54, 1.807) is 67.3 Å². The first kappa shape index (κ1) is 64.0. The number of quaternary nitrogens is 1. The lowest BCUT2D eigenvalue weighted by molar-refractivity contribution is -0.394. The smallest absolute Gasteiger partial charge is 0.358 e. The first-order valence-electron chi connectivity index (χ1n) is 22.3. The molecule has 17 nitrogen and oxygen atoms in total. The number of rotatable bonds is 20. The molecule has 0 amide bonds. The Morgan fingerprint density at radius 2 is 1.24 bits per heavy atom. The Kier molecular flexibility index (Phi) is 26.2. The quantitative estimate of drug-likeness (QED) is 0.0212. The highest BCUT2D eigenvalue weighted by atomic mass is 32.2. The summed E-state index contributed by atoms with van der Waals surface area (Å²) in [4.78, 5) is 50.8. The van der Waals surface area contributed by atoms with E-state index >= 15 is 0 Å². The molecular weight excluding hydrogens is 983 g/mol. The molecule has 3 aromatic carbocycles. The number of imidazole rings is 3. The Bertz CT molecular complexity index is 2700. The number of aromatic amines is 1. The third-order valence-electron chi connectivity index (χ3n) is 10.1. The summed E-state index contributed by atoms with van der Waals surface area (Å²) in [5.41, 5.74) is 7.44. The van der Waals surface area contributed by atoms with E-state index in [4.69, 9.17) is 18.9 Å². The molecule has 72 heavy (non-hydrogen) atoms. The predicted molar refractivity (Wildman–Crippen MR) is 282 cm³/mol. The van der Waals surface area contributed by atoms with Crippen LogP contribution >= 0.6 is 0 Å². The Morgan fingerprint density at radius 3 is 1.72 bits per heavy atom. The number of esters is 2. The fourth-order valence-corrected chi connectivity index (χ4v) is 8.94. The lowest BCUT2D eigenvalue weighted by Gasteiger charge is -2.16. The highest BCUT2D eigenvalue weighted by molar-refractivity contribution is 7.91. The third kappa shape index (κ3) is 19.5. The van der Waals surface area contributed by atoms with Crippen molar-refractivity contribution in [2.24, 2.45) is 0 Å². The first-order valence-corrected chi connectivity index (χ1v) is 31.3. The predicted octanol–water partition coefficient (Wildman–Crippen LogP) is 9.85. The number of sulfone groups is 1. The number of carbonyl (C=O) groups excluding carboxylic acids is 3. The van der Waals surface area contributed by atoms with Crippen molar-refractivity contribution in [3.63, 3.8) is 0 Å². The number of ether oxygens (including phenoxy) is 4. The maximum absolute atomic E-state index is 13.3. The van der Waals surface area contributed by atoms with Gasteiger partial charge in [-0.15, -0.1) is 0 Å². The van der Waals surface area contributed by atoms with Gasteiger partial charge in [-0.25, -0.2) is 41.7 Å². The zero-order valence-corrected chi connectivity index (χ0v) is 45.3. The standard InChI is InChI=1S/C21H27FN4O3Si.C14H14FNO2S.C13H22N2O4Si.CH4.CH3.H3N/c1-5-29-21(27)17-12-26(14-28-10-11-30(2,3)4)20(25-17)19-18(23-13-24-19)15-6-8-16(22)9-7-15;1-10-2-8-13(9-3-10)19(17,18)14(16)11-4-6-12(15)7-5-11;1-5-19-13(17)11-8-15(12(9-16)14-11)10-18-6-7-20(2,3)4;;;/h6-9,12-13H,5,10-11,14H2,1-4H3,(H,23,24);2-9,14H,16H2,1H3;8-9H,5-7,10H2,1-4H3;1H4;2*1H3/q;;;;-1;/p+1. The van der Waals surface area contributed by atoms with Gasteiger partial charge in [-0.05, 0) is 93.5 Å². The molecule has 22 heteroatoms. The van der Waals surface area contributed by atoms with Gasteiger partial charge in [0.25, 0.3) is 0 Å². The van der Waals surface area contributed by atoms with Gasteiger partial charge in [-0.1, -0.05) is 64.4 Å². The van der Waals surface area contributed by atoms with Crippen molar-refractivity contribution >= 4 is 44.2 Å². The topological polar surface area (TPSA) is 249 Å². The van der Waals surface area contributed by atoms with Gasteiger partial charge in [-0.2, -0.15) is 0 Å². The second-order valence-corrected chi connectivity index (χ2v) is 31.5. The number of hydrogen-bond acceptors (Lipinski definition) is 13. The summed E-state index contributed by atoms with van der Waals surface area (Å²) in [6.07, 6.45) is 5.25. The number of H-pyrrole nitrogens is 1. The van der Waals surface area contributed by atoms with Crippen molar-refractivity contribution in [1.82, 2.24) is 35.2 Å². The summed E-state index contributed by atoms with van der Waals surface area (Å²) in [5, 5.41) is -0.948. The fourth-order valence-electron chi connectivity index (χ4n) is 6.07. The largest absolute Gasteiger partial charge is 0.461 e. The number of hydrogen-bond donors (Lipinski definition) is 3. The molecule has 6 rings (SSSR count). The highest BCUT2D eigenvalue weighted by Gasteiger charge is 2.29. The van der Waals surface area contributed by atoms with Crippen LogP contribution < -0.4 is 11.9 Å². The van der Waals surface area contributed by atoms with Crippen molar-refractivity contribution in [2.45, 2.75) is 103 Å². The lowest BCUT2D eigenvalue weighted by Crippen LogP contribution is -2.57. The van der Waals surface area contributed by atoms with E-state index in [-0.39, 0.29) is 75.6 Å². The SMILES string of the molecule is C.CCOC(=O)c1cn(COCC[Si](C)(C)C)c(-c2[nH]cnc2-c2ccc(F)cc2)n1.CCOC(=O)c1cn(COCC[Si](C)(C)C)c(C=O)n1.Cc1ccc(S(=O)(=O)C([NH3+])c2ccc(F)cc2)cc1.N.[CH3-]. The van der Waals surface area contributed by atoms with Gasteiger partial charge in [0.2, 0.25) is 15.2 Å². The molecule has 6 aromatic rings. The van der Waals surface area contributed by atoms with E-state index in [9.17, 15) is 31.6 Å². The highest BCUT2D eigenvalue weighted by Crippen LogP contribution is 2.29. The first-order chi connectivity index (χ1) is 32.6. The van der Waals surface area contributed by atoms with Crippen molar-refractivity contribution in [1.29, 1.82) is 0 Å². The van der Waals surface area contributed by atoms with Crippen molar-refractivity contribution in [3.8, 4) is 22.8 Å². The minimum absolute atomic E-state index is 0.